The highest BCUT2D eigenvalue weighted by Crippen LogP contribution is 2.54. The lowest BCUT2D eigenvalue weighted by Crippen LogP contribution is -2.30. The second kappa shape index (κ2) is 4.70. The third-order valence-corrected chi connectivity index (χ3v) is 3.66. The Labute approximate surface area is 91.8 Å². The zero-order valence-electron chi connectivity index (χ0n) is 9.17. The van der Waals surface area contributed by atoms with Gasteiger partial charge in [0.2, 0.25) is 5.91 Å². The van der Waals surface area contributed by atoms with Crippen LogP contribution in [0.4, 0.5) is 0 Å². The average Bonchev–Trinajstić information content (AvgIpc) is 2.85. The van der Waals surface area contributed by atoms with Crippen molar-refractivity contribution in [3.63, 3.8) is 0 Å². The quantitative estimate of drug-likeness (QED) is 0.539. The van der Waals surface area contributed by atoms with Gasteiger partial charge in [-0.15, -0.1) is 12.3 Å². The molecule has 2 rings (SSSR count). The normalized spacial score (nSPS) is 31.8. The molecule has 0 aliphatic heterocycles. The van der Waals surface area contributed by atoms with E-state index >= 15 is 0 Å². The summed E-state index contributed by atoms with van der Waals surface area (Å²) in [5, 5.41) is 3.02. The van der Waals surface area contributed by atoms with Gasteiger partial charge < -0.3 is 5.32 Å². The predicted octanol–water partition coefficient (Wildman–Crippen LogP) is 1.95. The smallest absolute Gasteiger partial charge is 0.223 e. The Kier molecular flexibility index (Phi) is 3.30. The molecule has 2 saturated carbocycles. The van der Waals surface area contributed by atoms with Crippen LogP contribution in [0, 0.1) is 30.1 Å². The topological polar surface area (TPSA) is 29.1 Å². The zero-order valence-corrected chi connectivity index (χ0v) is 9.17. The molecule has 1 N–H and O–H groups in total. The molecule has 0 aromatic heterocycles. The van der Waals surface area contributed by atoms with E-state index in [1.807, 2.05) is 0 Å². The molecular formula is C13H19NO. The number of nitrogens with one attached hydrogen (secondary N) is 1. The van der Waals surface area contributed by atoms with Crippen molar-refractivity contribution in [1.29, 1.82) is 0 Å². The molecule has 15 heavy (non-hydrogen) atoms. The molecule has 2 nitrogen and oxygen atoms in total. The van der Waals surface area contributed by atoms with Gasteiger partial charge in [-0.3, -0.25) is 4.79 Å². The maximum atomic E-state index is 11.7. The van der Waals surface area contributed by atoms with Gasteiger partial charge in [0.1, 0.15) is 0 Å². The van der Waals surface area contributed by atoms with Crippen LogP contribution < -0.4 is 5.32 Å². The molecular weight excluding hydrogens is 186 g/mol. The van der Waals surface area contributed by atoms with E-state index in [2.05, 4.69) is 11.2 Å². The van der Waals surface area contributed by atoms with Gasteiger partial charge in [-0.05, 0) is 43.9 Å². The summed E-state index contributed by atoms with van der Waals surface area (Å²) in [5.41, 5.74) is 0. The summed E-state index contributed by atoms with van der Waals surface area (Å²) in [6.45, 7) is 0.798. The molecule has 2 aliphatic rings. The number of hydrogen-bond acceptors (Lipinski definition) is 1. The van der Waals surface area contributed by atoms with Crippen molar-refractivity contribution < 1.29 is 4.79 Å². The molecule has 0 heterocycles. The molecule has 0 aromatic rings. The molecule has 0 radical (unpaired) electrons. The van der Waals surface area contributed by atoms with Gasteiger partial charge in [0.25, 0.3) is 0 Å². The third-order valence-electron chi connectivity index (χ3n) is 3.66. The molecule has 2 heteroatoms. The summed E-state index contributed by atoms with van der Waals surface area (Å²) in [7, 11) is 0. The summed E-state index contributed by atoms with van der Waals surface area (Å²) < 4.78 is 0. The fraction of sp³-hybridized carbons (Fsp3) is 0.769. The number of carbonyl (C=O) groups is 1. The zero-order chi connectivity index (χ0) is 10.7. The number of unbranched alkanes of at least 4 members (excludes halogenated alkanes) is 2. The molecule has 0 spiro atoms. The minimum Gasteiger partial charge on any atom is -0.356 e. The summed E-state index contributed by atoms with van der Waals surface area (Å²) >= 11 is 0. The van der Waals surface area contributed by atoms with Crippen LogP contribution in [0.3, 0.4) is 0 Å². The highest BCUT2D eigenvalue weighted by Gasteiger charge is 2.47. The lowest BCUT2D eigenvalue weighted by molar-refractivity contribution is -0.125. The molecule has 0 bridgehead atoms. The van der Waals surface area contributed by atoms with Crippen molar-refractivity contribution >= 4 is 5.91 Å². The molecule has 2 fully saturated rings. The third kappa shape index (κ3) is 2.75. The lowest BCUT2D eigenvalue weighted by atomic mass is 10.0. The number of terminal acetylenes is 1. The van der Waals surface area contributed by atoms with E-state index in [9.17, 15) is 4.79 Å². The molecule has 1 amide bonds. The highest BCUT2D eigenvalue weighted by molar-refractivity contribution is 5.79. The molecule has 2 unspecified atom stereocenters. The van der Waals surface area contributed by atoms with Crippen molar-refractivity contribution in [2.45, 2.75) is 38.5 Å². The summed E-state index contributed by atoms with van der Waals surface area (Å²) in [5.74, 6) is 4.99. The Morgan fingerprint density at radius 1 is 1.27 bits per heavy atom. The Bertz CT molecular complexity index is 269. The first-order valence-corrected chi connectivity index (χ1v) is 6.02. The van der Waals surface area contributed by atoms with Gasteiger partial charge >= 0.3 is 0 Å². The number of fused-ring (bicyclic) bond motifs is 1. The standard InChI is InChI=1S/C13H19NO/c1-2-3-4-5-6-14-13(15)12-8-10-7-11(10)9-12/h1,10-12H,3-9H2,(H,14,15). The van der Waals surface area contributed by atoms with E-state index in [1.165, 1.54) is 6.42 Å². The van der Waals surface area contributed by atoms with Crippen molar-refractivity contribution in [2.75, 3.05) is 6.54 Å². The first-order valence-electron chi connectivity index (χ1n) is 6.02. The maximum Gasteiger partial charge on any atom is 0.223 e. The fourth-order valence-electron chi connectivity index (χ4n) is 2.64. The molecule has 0 aromatic carbocycles. The van der Waals surface area contributed by atoms with Crippen molar-refractivity contribution in [1.82, 2.24) is 5.32 Å². The maximum absolute atomic E-state index is 11.7. The van der Waals surface area contributed by atoms with Gasteiger partial charge in [0.05, 0.1) is 0 Å². The molecule has 0 saturated heterocycles. The van der Waals surface area contributed by atoms with Crippen molar-refractivity contribution in [3.05, 3.63) is 0 Å². The first-order chi connectivity index (χ1) is 7.31. The number of amides is 1. The largest absolute Gasteiger partial charge is 0.356 e. The minimum absolute atomic E-state index is 0.280. The van der Waals surface area contributed by atoms with Crippen LogP contribution in [0.2, 0.25) is 0 Å². The van der Waals surface area contributed by atoms with E-state index in [0.29, 0.717) is 5.92 Å². The number of rotatable bonds is 5. The first kappa shape index (κ1) is 10.5. The second-order valence-corrected chi connectivity index (χ2v) is 4.88. The SMILES string of the molecule is C#CCCCCNC(=O)C1CC2CC2C1. The lowest BCUT2D eigenvalue weighted by Gasteiger charge is -2.11. The van der Waals surface area contributed by atoms with Crippen LogP contribution in [0.25, 0.3) is 0 Å². The Balaban J connectivity index is 1.55. The molecule has 2 atom stereocenters. The van der Waals surface area contributed by atoms with Gasteiger partial charge in [-0.25, -0.2) is 0 Å². The van der Waals surface area contributed by atoms with Crippen LogP contribution >= 0.6 is 0 Å². The van der Waals surface area contributed by atoms with Crippen LogP contribution in [0.5, 0.6) is 0 Å². The highest BCUT2D eigenvalue weighted by atomic mass is 16.1. The second-order valence-electron chi connectivity index (χ2n) is 4.88. The van der Waals surface area contributed by atoms with E-state index in [4.69, 9.17) is 6.42 Å². The van der Waals surface area contributed by atoms with E-state index in [0.717, 1.165) is 50.5 Å². The summed E-state index contributed by atoms with van der Waals surface area (Å²) in [4.78, 5) is 11.7. The average molecular weight is 205 g/mol. The van der Waals surface area contributed by atoms with Gasteiger partial charge in [-0.2, -0.15) is 0 Å². The summed E-state index contributed by atoms with van der Waals surface area (Å²) in [6, 6.07) is 0. The minimum atomic E-state index is 0.280. The Morgan fingerprint density at radius 3 is 2.67 bits per heavy atom. The van der Waals surface area contributed by atoms with E-state index < -0.39 is 0 Å². The van der Waals surface area contributed by atoms with Crippen LogP contribution in [0.15, 0.2) is 0 Å². The molecule has 82 valence electrons. The van der Waals surface area contributed by atoms with Gasteiger partial charge in [0.15, 0.2) is 0 Å². The van der Waals surface area contributed by atoms with E-state index in [-0.39, 0.29) is 5.91 Å². The summed E-state index contributed by atoms with van der Waals surface area (Å²) in [6.07, 6.45) is 11.7. The van der Waals surface area contributed by atoms with Crippen molar-refractivity contribution in [3.8, 4) is 12.3 Å². The predicted molar refractivity (Wildman–Crippen MR) is 60.0 cm³/mol. The van der Waals surface area contributed by atoms with Crippen LogP contribution in [-0.4, -0.2) is 12.5 Å². The fourth-order valence-corrected chi connectivity index (χ4v) is 2.64. The number of carbonyl (C=O) groups excluding carboxylic acids is 1. The van der Waals surface area contributed by atoms with Crippen LogP contribution in [-0.2, 0) is 4.79 Å². The number of hydrogen-bond donors (Lipinski definition) is 1. The van der Waals surface area contributed by atoms with Crippen LogP contribution in [0.1, 0.15) is 38.5 Å². The molecule has 2 aliphatic carbocycles. The van der Waals surface area contributed by atoms with Crippen molar-refractivity contribution in [2.24, 2.45) is 17.8 Å². The van der Waals surface area contributed by atoms with Gasteiger partial charge in [0, 0.05) is 18.9 Å². The Morgan fingerprint density at radius 2 is 2.00 bits per heavy atom. The van der Waals surface area contributed by atoms with Gasteiger partial charge in [-0.1, -0.05) is 0 Å². The monoisotopic (exact) mass is 205 g/mol. The Hall–Kier alpha value is -0.970. The van der Waals surface area contributed by atoms with E-state index in [1.54, 1.807) is 0 Å².